The molecule has 34 heavy (non-hydrogen) atoms. The third-order valence-electron chi connectivity index (χ3n) is 5.65. The Labute approximate surface area is 196 Å². The van der Waals surface area contributed by atoms with Crippen molar-refractivity contribution in [2.24, 2.45) is 0 Å². The number of aromatic nitrogens is 3. The minimum Gasteiger partial charge on any atom is -0.454 e. The fourth-order valence-electron chi connectivity index (χ4n) is 4.00. The van der Waals surface area contributed by atoms with Crippen molar-refractivity contribution in [2.45, 2.75) is 32.9 Å². The molecule has 9 heteroatoms. The predicted molar refractivity (Wildman–Crippen MR) is 129 cm³/mol. The lowest BCUT2D eigenvalue weighted by molar-refractivity contribution is 0.0757. The summed E-state index contributed by atoms with van der Waals surface area (Å²) in [5.74, 6) is 1.44. The van der Waals surface area contributed by atoms with Crippen LogP contribution in [0.5, 0.6) is 11.5 Å². The zero-order valence-corrected chi connectivity index (χ0v) is 19.2. The van der Waals surface area contributed by atoms with Gasteiger partial charge in [-0.05, 0) is 50.1 Å². The van der Waals surface area contributed by atoms with E-state index in [9.17, 15) is 4.79 Å². The summed E-state index contributed by atoms with van der Waals surface area (Å²) < 4.78 is 18.3. The average Bonchev–Trinajstić information content (AvgIpc) is 3.39. The van der Waals surface area contributed by atoms with Gasteiger partial charge in [0.1, 0.15) is 16.9 Å². The van der Waals surface area contributed by atoms with Crippen molar-refractivity contribution in [3.63, 3.8) is 0 Å². The molecule has 2 aromatic carbocycles. The number of hydrogen-bond acceptors (Lipinski definition) is 7. The van der Waals surface area contributed by atoms with Crippen molar-refractivity contribution in [2.75, 3.05) is 25.7 Å². The summed E-state index contributed by atoms with van der Waals surface area (Å²) >= 11 is 0. The molecule has 3 N–H and O–H groups in total. The molecule has 1 amide bonds. The van der Waals surface area contributed by atoms with E-state index in [-0.39, 0.29) is 18.8 Å². The standard InChI is InChI=1S/C25H27N5O4/c1-15(2)32-11-5-10-27-25(31)21-22-24(29-18-7-4-3-6-17(18)28-22)30(23(21)26)13-16-8-9-19-20(12-16)34-14-33-19/h3-4,6-9,12,15H,5,10-11,13-14,26H2,1-2H3,(H,27,31). The van der Waals surface area contributed by atoms with Gasteiger partial charge < -0.3 is 29.8 Å². The van der Waals surface area contributed by atoms with E-state index in [0.29, 0.717) is 65.7 Å². The van der Waals surface area contributed by atoms with Crippen molar-refractivity contribution < 1.29 is 19.0 Å². The minimum atomic E-state index is -0.277. The molecule has 0 saturated heterocycles. The molecule has 3 heterocycles. The molecule has 0 radical (unpaired) electrons. The Morgan fingerprint density at radius 2 is 1.91 bits per heavy atom. The molecule has 2 aromatic heterocycles. The Morgan fingerprint density at radius 3 is 2.71 bits per heavy atom. The van der Waals surface area contributed by atoms with Gasteiger partial charge in [-0.25, -0.2) is 9.97 Å². The third-order valence-corrected chi connectivity index (χ3v) is 5.65. The van der Waals surface area contributed by atoms with Crippen LogP contribution in [0.25, 0.3) is 22.2 Å². The van der Waals surface area contributed by atoms with Gasteiger partial charge in [0.05, 0.1) is 23.7 Å². The van der Waals surface area contributed by atoms with E-state index in [1.165, 1.54) is 0 Å². The number of carbonyl (C=O) groups excluding carboxylic acids is 1. The van der Waals surface area contributed by atoms with Gasteiger partial charge >= 0.3 is 0 Å². The smallest absolute Gasteiger partial charge is 0.257 e. The van der Waals surface area contributed by atoms with Crippen molar-refractivity contribution in [3.8, 4) is 11.5 Å². The maximum atomic E-state index is 13.2. The summed E-state index contributed by atoms with van der Waals surface area (Å²) in [6.07, 6.45) is 0.859. The Bertz CT molecular complexity index is 1360. The molecule has 176 valence electrons. The number of hydrogen-bond donors (Lipinski definition) is 2. The zero-order valence-electron chi connectivity index (χ0n) is 19.2. The van der Waals surface area contributed by atoms with Crippen LogP contribution in [-0.2, 0) is 11.3 Å². The first-order valence-corrected chi connectivity index (χ1v) is 11.3. The lowest BCUT2D eigenvalue weighted by atomic mass is 10.2. The highest BCUT2D eigenvalue weighted by Crippen LogP contribution is 2.34. The second-order valence-electron chi connectivity index (χ2n) is 8.45. The number of fused-ring (bicyclic) bond motifs is 3. The molecule has 0 aliphatic carbocycles. The Morgan fingerprint density at radius 1 is 1.15 bits per heavy atom. The number of nitrogens with one attached hydrogen (secondary N) is 1. The van der Waals surface area contributed by atoms with Gasteiger partial charge in [-0.3, -0.25) is 4.79 Å². The Hall–Kier alpha value is -3.85. The molecule has 1 aliphatic rings. The molecule has 4 aromatic rings. The highest BCUT2D eigenvalue weighted by Gasteiger charge is 2.24. The fourth-order valence-corrected chi connectivity index (χ4v) is 4.00. The van der Waals surface area contributed by atoms with E-state index in [4.69, 9.17) is 29.9 Å². The van der Waals surface area contributed by atoms with Crippen molar-refractivity contribution in [3.05, 3.63) is 53.6 Å². The van der Waals surface area contributed by atoms with Gasteiger partial charge in [0.2, 0.25) is 6.79 Å². The maximum absolute atomic E-state index is 13.2. The Kier molecular flexibility index (Phi) is 5.93. The number of ether oxygens (including phenoxy) is 3. The van der Waals surface area contributed by atoms with Crippen LogP contribution in [0.4, 0.5) is 5.82 Å². The largest absolute Gasteiger partial charge is 0.454 e. The molecule has 0 bridgehead atoms. The molecule has 9 nitrogen and oxygen atoms in total. The average molecular weight is 462 g/mol. The summed E-state index contributed by atoms with van der Waals surface area (Å²) in [7, 11) is 0. The summed E-state index contributed by atoms with van der Waals surface area (Å²) in [5.41, 5.74) is 10.3. The van der Waals surface area contributed by atoms with E-state index in [2.05, 4.69) is 5.32 Å². The van der Waals surface area contributed by atoms with E-state index in [1.807, 2.05) is 60.9 Å². The van der Waals surface area contributed by atoms with Crippen LogP contribution in [0.2, 0.25) is 0 Å². The van der Waals surface area contributed by atoms with Gasteiger partial charge in [0.15, 0.2) is 17.1 Å². The van der Waals surface area contributed by atoms with Gasteiger partial charge in [-0.1, -0.05) is 18.2 Å². The van der Waals surface area contributed by atoms with Crippen LogP contribution in [0.1, 0.15) is 36.2 Å². The summed E-state index contributed by atoms with van der Waals surface area (Å²) in [5, 5.41) is 2.95. The number of amides is 1. The fraction of sp³-hybridized carbons (Fsp3) is 0.320. The van der Waals surface area contributed by atoms with Crippen LogP contribution in [0, 0.1) is 0 Å². The molecule has 0 fully saturated rings. The third kappa shape index (κ3) is 4.22. The van der Waals surface area contributed by atoms with Crippen LogP contribution >= 0.6 is 0 Å². The molecular formula is C25H27N5O4. The van der Waals surface area contributed by atoms with Gasteiger partial charge in [0, 0.05) is 13.2 Å². The summed E-state index contributed by atoms with van der Waals surface area (Å²) in [6.45, 7) is 5.62. The molecule has 5 rings (SSSR count). The first-order chi connectivity index (χ1) is 16.5. The summed E-state index contributed by atoms with van der Waals surface area (Å²) in [4.78, 5) is 22.7. The SMILES string of the molecule is CC(C)OCCCNC(=O)c1c(N)n(Cc2ccc3c(c2)OCO3)c2nc3ccccc3nc12. The molecule has 1 aliphatic heterocycles. The molecule has 0 spiro atoms. The molecule has 0 saturated carbocycles. The van der Waals surface area contributed by atoms with E-state index < -0.39 is 0 Å². The number of nitrogens with two attached hydrogens (primary N) is 1. The van der Waals surface area contributed by atoms with Gasteiger partial charge in [0.25, 0.3) is 5.91 Å². The van der Waals surface area contributed by atoms with Gasteiger partial charge in [-0.15, -0.1) is 0 Å². The number of carbonyl (C=O) groups is 1. The second-order valence-corrected chi connectivity index (χ2v) is 8.45. The highest BCUT2D eigenvalue weighted by molar-refractivity contribution is 6.10. The quantitative estimate of drug-likeness (QED) is 0.386. The maximum Gasteiger partial charge on any atom is 0.257 e. The lowest BCUT2D eigenvalue weighted by Crippen LogP contribution is -2.26. The number of rotatable bonds is 8. The number of benzene rings is 2. The molecular weight excluding hydrogens is 434 g/mol. The molecule has 0 unspecified atom stereocenters. The van der Waals surface area contributed by atoms with E-state index in [1.54, 1.807) is 0 Å². The zero-order chi connectivity index (χ0) is 23.7. The van der Waals surface area contributed by atoms with Crippen molar-refractivity contribution >= 4 is 33.9 Å². The van der Waals surface area contributed by atoms with Crippen molar-refractivity contribution in [1.82, 2.24) is 19.9 Å². The second kappa shape index (κ2) is 9.18. The van der Waals surface area contributed by atoms with Crippen LogP contribution in [-0.4, -0.2) is 46.5 Å². The normalized spacial score (nSPS) is 12.7. The van der Waals surface area contributed by atoms with Crippen LogP contribution < -0.4 is 20.5 Å². The Balaban J connectivity index is 1.50. The minimum absolute atomic E-state index is 0.157. The molecule has 0 atom stereocenters. The van der Waals surface area contributed by atoms with E-state index in [0.717, 1.165) is 11.1 Å². The predicted octanol–water partition coefficient (Wildman–Crippen LogP) is 3.49. The number of anilines is 1. The first-order valence-electron chi connectivity index (χ1n) is 11.3. The number of nitrogens with zero attached hydrogens (tertiary/aromatic N) is 3. The van der Waals surface area contributed by atoms with Crippen LogP contribution in [0.15, 0.2) is 42.5 Å². The monoisotopic (exact) mass is 461 g/mol. The van der Waals surface area contributed by atoms with Gasteiger partial charge in [-0.2, -0.15) is 0 Å². The topological polar surface area (TPSA) is 114 Å². The first kappa shape index (κ1) is 22.0. The van der Waals surface area contributed by atoms with Crippen molar-refractivity contribution in [1.29, 1.82) is 0 Å². The number of nitrogen functional groups attached to an aromatic ring is 1. The number of para-hydroxylation sites is 2. The lowest BCUT2D eigenvalue weighted by Gasteiger charge is -2.10. The van der Waals surface area contributed by atoms with Crippen LogP contribution in [0.3, 0.4) is 0 Å². The summed E-state index contributed by atoms with van der Waals surface area (Å²) in [6, 6.07) is 13.3. The van der Waals surface area contributed by atoms with E-state index >= 15 is 0 Å². The highest BCUT2D eigenvalue weighted by atomic mass is 16.7.